The number of aliphatic imine (C=N–C) groups is 1. The highest BCUT2D eigenvalue weighted by Crippen LogP contribution is 2.27. The zero-order chi connectivity index (χ0) is 17.2. The lowest BCUT2D eigenvalue weighted by molar-refractivity contribution is 0.285. The molecule has 0 aromatic heterocycles. The molecule has 6 heteroatoms. The van der Waals surface area contributed by atoms with Gasteiger partial charge in [0.05, 0.1) is 13.2 Å². The van der Waals surface area contributed by atoms with Crippen molar-refractivity contribution in [2.75, 3.05) is 48.4 Å². The zero-order valence-electron chi connectivity index (χ0n) is 15.9. The largest absolute Gasteiger partial charge is 0.496 e. The summed E-state index contributed by atoms with van der Waals surface area (Å²) < 4.78 is 5.52. The molecular weight excluding hydrogens is 415 g/mol. The minimum atomic E-state index is 0. The van der Waals surface area contributed by atoms with E-state index < -0.39 is 0 Å². The average molecular weight is 448 g/mol. The molecule has 5 nitrogen and oxygen atoms in total. The molecule has 24 heavy (non-hydrogen) atoms. The number of guanidine groups is 1. The molecule has 1 atom stereocenters. The van der Waals surface area contributed by atoms with E-state index in [2.05, 4.69) is 60.3 Å². The van der Waals surface area contributed by atoms with Crippen molar-refractivity contribution in [1.29, 1.82) is 0 Å². The smallest absolute Gasteiger partial charge is 0.193 e. The number of nitrogens with zero attached hydrogens (tertiary/aromatic N) is 3. The van der Waals surface area contributed by atoms with Crippen LogP contribution in [0.2, 0.25) is 0 Å². The Kier molecular flexibility index (Phi) is 11.8. The summed E-state index contributed by atoms with van der Waals surface area (Å²) in [6.07, 6.45) is 2.35. The van der Waals surface area contributed by atoms with Crippen molar-refractivity contribution in [2.24, 2.45) is 4.99 Å². The van der Waals surface area contributed by atoms with Gasteiger partial charge in [0.1, 0.15) is 5.75 Å². The van der Waals surface area contributed by atoms with E-state index in [1.165, 1.54) is 18.4 Å². The Hall–Kier alpha value is -1.02. The van der Waals surface area contributed by atoms with Crippen LogP contribution in [-0.4, -0.2) is 64.1 Å². The predicted molar refractivity (Wildman–Crippen MR) is 114 cm³/mol. The molecule has 138 valence electrons. The van der Waals surface area contributed by atoms with Crippen LogP contribution in [0.1, 0.15) is 31.4 Å². The fourth-order valence-corrected chi connectivity index (χ4v) is 2.59. The molecule has 0 saturated heterocycles. The first-order valence-electron chi connectivity index (χ1n) is 8.26. The Morgan fingerprint density at radius 1 is 1.25 bits per heavy atom. The van der Waals surface area contributed by atoms with Crippen molar-refractivity contribution >= 4 is 29.9 Å². The van der Waals surface area contributed by atoms with Crippen molar-refractivity contribution in [3.05, 3.63) is 29.8 Å². The number of rotatable bonds is 8. The summed E-state index contributed by atoms with van der Waals surface area (Å²) in [5.74, 6) is 1.85. The second-order valence-corrected chi connectivity index (χ2v) is 5.92. The van der Waals surface area contributed by atoms with Gasteiger partial charge < -0.3 is 19.9 Å². The maximum absolute atomic E-state index is 5.52. The van der Waals surface area contributed by atoms with Crippen molar-refractivity contribution in [3.8, 4) is 5.75 Å². The maximum Gasteiger partial charge on any atom is 0.193 e. The van der Waals surface area contributed by atoms with E-state index in [0.29, 0.717) is 0 Å². The van der Waals surface area contributed by atoms with E-state index in [1.807, 2.05) is 19.2 Å². The minimum absolute atomic E-state index is 0. The molecule has 1 unspecified atom stereocenters. The van der Waals surface area contributed by atoms with E-state index in [-0.39, 0.29) is 30.0 Å². The van der Waals surface area contributed by atoms with Crippen LogP contribution in [0.15, 0.2) is 29.3 Å². The first-order valence-corrected chi connectivity index (χ1v) is 8.26. The van der Waals surface area contributed by atoms with Crippen LogP contribution in [-0.2, 0) is 0 Å². The lowest BCUT2D eigenvalue weighted by Gasteiger charge is -2.29. The summed E-state index contributed by atoms with van der Waals surface area (Å²) in [6, 6.07) is 8.39. The molecule has 0 bridgehead atoms. The van der Waals surface area contributed by atoms with Gasteiger partial charge >= 0.3 is 0 Å². The van der Waals surface area contributed by atoms with Gasteiger partial charge in [0.2, 0.25) is 0 Å². The molecule has 0 saturated carbocycles. The Bertz CT molecular complexity index is 494. The molecule has 0 heterocycles. The van der Waals surface area contributed by atoms with Crippen LogP contribution < -0.4 is 10.1 Å². The Morgan fingerprint density at radius 3 is 2.46 bits per heavy atom. The number of methoxy groups -OCH3 is 1. The van der Waals surface area contributed by atoms with Crippen LogP contribution in [0.25, 0.3) is 0 Å². The average Bonchev–Trinajstić information content (AvgIpc) is 2.56. The SMILES string of the molecule is CCCCN(C)C(=NC)NCC(c1ccccc1OC)N(C)C.I. The normalized spacial score (nSPS) is 12.5. The van der Waals surface area contributed by atoms with Crippen LogP contribution in [0.5, 0.6) is 5.75 Å². The molecule has 0 aliphatic rings. The van der Waals surface area contributed by atoms with Crippen LogP contribution >= 0.6 is 24.0 Å². The van der Waals surface area contributed by atoms with Crippen molar-refractivity contribution < 1.29 is 4.74 Å². The maximum atomic E-state index is 5.52. The highest BCUT2D eigenvalue weighted by Gasteiger charge is 2.19. The van der Waals surface area contributed by atoms with E-state index in [0.717, 1.165) is 24.8 Å². The predicted octanol–water partition coefficient (Wildman–Crippen LogP) is 3.22. The van der Waals surface area contributed by atoms with Gasteiger partial charge in [0.25, 0.3) is 0 Å². The van der Waals surface area contributed by atoms with Gasteiger partial charge in [-0.2, -0.15) is 0 Å². The number of ether oxygens (including phenoxy) is 1. The van der Waals surface area contributed by atoms with Crippen LogP contribution in [0, 0.1) is 0 Å². The van der Waals surface area contributed by atoms with Gasteiger partial charge in [-0.25, -0.2) is 0 Å². The second-order valence-electron chi connectivity index (χ2n) is 5.92. The number of halogens is 1. The molecule has 0 aliphatic carbocycles. The summed E-state index contributed by atoms with van der Waals surface area (Å²) in [5, 5.41) is 3.49. The lowest BCUT2D eigenvalue weighted by Crippen LogP contribution is -2.43. The summed E-state index contributed by atoms with van der Waals surface area (Å²) in [4.78, 5) is 8.77. The first kappa shape index (κ1) is 23.0. The summed E-state index contributed by atoms with van der Waals surface area (Å²) in [7, 11) is 9.80. The third-order valence-corrected chi connectivity index (χ3v) is 4.00. The Balaban J connectivity index is 0.00000529. The monoisotopic (exact) mass is 448 g/mol. The number of para-hydroxylation sites is 1. The van der Waals surface area contributed by atoms with Gasteiger partial charge in [-0.1, -0.05) is 31.5 Å². The third kappa shape index (κ3) is 6.84. The molecule has 1 aromatic rings. The van der Waals surface area contributed by atoms with Crippen LogP contribution in [0.4, 0.5) is 0 Å². The van der Waals surface area contributed by atoms with Gasteiger partial charge in [-0.3, -0.25) is 4.99 Å². The van der Waals surface area contributed by atoms with Gasteiger partial charge in [-0.15, -0.1) is 24.0 Å². The first-order chi connectivity index (χ1) is 11.0. The molecule has 1 rings (SSSR count). The van der Waals surface area contributed by atoms with Crippen LogP contribution in [0.3, 0.4) is 0 Å². The fraction of sp³-hybridized carbons (Fsp3) is 0.611. The quantitative estimate of drug-likeness (QED) is 0.377. The fourth-order valence-electron chi connectivity index (χ4n) is 2.59. The van der Waals surface area contributed by atoms with Crippen molar-refractivity contribution in [1.82, 2.24) is 15.1 Å². The number of benzene rings is 1. The lowest BCUT2D eigenvalue weighted by atomic mass is 10.0. The number of nitrogens with one attached hydrogen (secondary N) is 1. The molecule has 0 spiro atoms. The summed E-state index contributed by atoms with van der Waals surface area (Å²) in [6.45, 7) is 3.99. The van der Waals surface area contributed by atoms with Crippen molar-refractivity contribution in [2.45, 2.75) is 25.8 Å². The van der Waals surface area contributed by atoms with E-state index in [4.69, 9.17) is 4.74 Å². The van der Waals surface area contributed by atoms with Gasteiger partial charge in [0, 0.05) is 32.7 Å². The number of hydrogen-bond donors (Lipinski definition) is 1. The van der Waals surface area contributed by atoms with E-state index >= 15 is 0 Å². The Morgan fingerprint density at radius 2 is 1.92 bits per heavy atom. The highest BCUT2D eigenvalue weighted by molar-refractivity contribution is 14.0. The highest BCUT2D eigenvalue weighted by atomic mass is 127. The van der Waals surface area contributed by atoms with Crippen molar-refractivity contribution in [3.63, 3.8) is 0 Å². The standard InChI is InChI=1S/C18H32N4O.HI/c1-7-8-13-22(5)18(19-2)20-14-16(21(3)4)15-11-9-10-12-17(15)23-6;/h9-12,16H,7-8,13-14H2,1-6H3,(H,19,20);1H. The minimum Gasteiger partial charge on any atom is -0.496 e. The topological polar surface area (TPSA) is 40.1 Å². The number of hydrogen-bond acceptors (Lipinski definition) is 3. The van der Waals surface area contributed by atoms with Gasteiger partial charge in [0.15, 0.2) is 5.96 Å². The van der Waals surface area contributed by atoms with E-state index in [9.17, 15) is 0 Å². The molecule has 0 aliphatic heterocycles. The van der Waals surface area contributed by atoms with Gasteiger partial charge in [-0.05, 0) is 26.6 Å². The third-order valence-electron chi connectivity index (χ3n) is 4.00. The molecule has 1 aromatic carbocycles. The number of unbranched alkanes of at least 4 members (excludes halogenated alkanes) is 1. The summed E-state index contributed by atoms with van der Waals surface area (Å²) >= 11 is 0. The molecule has 0 fully saturated rings. The van der Waals surface area contributed by atoms with E-state index in [1.54, 1.807) is 7.11 Å². The molecular formula is C18H33IN4O. The molecule has 0 radical (unpaired) electrons. The molecule has 0 amide bonds. The Labute approximate surface area is 164 Å². The molecule has 1 N–H and O–H groups in total. The second kappa shape index (κ2) is 12.4. The number of likely N-dealkylation sites (N-methyl/N-ethyl adjacent to an activating group) is 1. The summed E-state index contributed by atoms with van der Waals surface area (Å²) in [5.41, 5.74) is 1.18. The zero-order valence-corrected chi connectivity index (χ0v) is 18.2.